The quantitative estimate of drug-likeness (QED) is 0.739. The van der Waals surface area contributed by atoms with E-state index in [0.717, 1.165) is 16.7 Å². The molecule has 7 heteroatoms. The Morgan fingerprint density at radius 3 is 2.42 bits per heavy atom. The molecule has 0 radical (unpaired) electrons. The third-order valence-corrected chi connectivity index (χ3v) is 3.39. The molecule has 0 bridgehead atoms. The Kier molecular flexibility index (Phi) is 4.15. The van der Waals surface area contributed by atoms with Crippen LogP contribution in [0.5, 0.6) is 0 Å². The lowest BCUT2D eigenvalue weighted by Gasteiger charge is -2.02. The maximum atomic E-state index is 11.7. The fraction of sp³-hybridized carbons (Fsp3) is 0.118. The Morgan fingerprint density at radius 1 is 1.12 bits per heavy atom. The topological polar surface area (TPSA) is 99.6 Å². The molecule has 0 unspecified atom stereocenters. The highest BCUT2D eigenvalue weighted by atomic mass is 16.1. The molecule has 0 aliphatic carbocycles. The van der Waals surface area contributed by atoms with E-state index >= 15 is 0 Å². The van der Waals surface area contributed by atoms with Crippen LogP contribution in [0, 0.1) is 13.8 Å². The third kappa shape index (κ3) is 3.35. The zero-order valence-electron chi connectivity index (χ0n) is 13.3. The number of primary amides is 1. The van der Waals surface area contributed by atoms with Crippen molar-refractivity contribution in [2.24, 2.45) is 5.73 Å². The molecule has 0 atom stereocenters. The molecule has 24 heavy (non-hydrogen) atoms. The molecule has 1 amide bonds. The molecular formula is C17H16N6O. The number of rotatable bonds is 4. The molecule has 0 aliphatic rings. The second kappa shape index (κ2) is 6.41. The average Bonchev–Trinajstić information content (AvgIpc) is 3.01. The van der Waals surface area contributed by atoms with E-state index in [1.165, 1.54) is 35.9 Å². The largest absolute Gasteiger partial charge is 0.366 e. The minimum Gasteiger partial charge on any atom is -0.366 e. The second-order valence-electron chi connectivity index (χ2n) is 5.46. The Labute approximate surface area is 138 Å². The first-order valence-electron chi connectivity index (χ1n) is 7.30. The first-order valence-corrected chi connectivity index (χ1v) is 7.30. The molecule has 3 rings (SSSR count). The van der Waals surface area contributed by atoms with Crippen molar-refractivity contribution in [1.29, 1.82) is 0 Å². The van der Waals surface area contributed by atoms with Crippen LogP contribution in [0.15, 0.2) is 43.2 Å². The van der Waals surface area contributed by atoms with E-state index < -0.39 is 5.91 Å². The highest BCUT2D eigenvalue weighted by Gasteiger charge is 2.11. The Hall–Kier alpha value is -3.35. The van der Waals surface area contributed by atoms with Crippen molar-refractivity contribution >= 4 is 17.7 Å². The third-order valence-electron chi connectivity index (χ3n) is 3.39. The van der Waals surface area contributed by atoms with Crippen LogP contribution < -0.4 is 5.73 Å². The van der Waals surface area contributed by atoms with Crippen LogP contribution in [-0.2, 0) is 4.79 Å². The van der Waals surface area contributed by atoms with Gasteiger partial charge in [-0.3, -0.25) is 4.79 Å². The number of carbonyl (C=O) groups excluding carboxylic acids is 1. The molecule has 2 aromatic heterocycles. The monoisotopic (exact) mass is 320 g/mol. The Morgan fingerprint density at radius 2 is 1.79 bits per heavy atom. The fourth-order valence-corrected chi connectivity index (χ4v) is 2.42. The van der Waals surface area contributed by atoms with Gasteiger partial charge >= 0.3 is 0 Å². The van der Waals surface area contributed by atoms with Crippen LogP contribution >= 0.6 is 0 Å². The van der Waals surface area contributed by atoms with Crippen molar-refractivity contribution in [2.75, 3.05) is 0 Å². The minimum atomic E-state index is -0.590. The van der Waals surface area contributed by atoms with E-state index in [1.54, 1.807) is 0 Å². The number of hydrogen-bond donors (Lipinski definition) is 1. The van der Waals surface area contributed by atoms with E-state index in [2.05, 4.69) is 26.1 Å². The number of hydrogen-bond acceptors (Lipinski definition) is 5. The normalized spacial score (nSPS) is 11.5. The molecule has 2 N–H and O–H groups in total. The molecule has 1 aromatic carbocycles. The van der Waals surface area contributed by atoms with Crippen molar-refractivity contribution in [3.05, 3.63) is 59.9 Å². The summed E-state index contributed by atoms with van der Waals surface area (Å²) in [5, 5.41) is 4.39. The summed E-state index contributed by atoms with van der Waals surface area (Å²) >= 11 is 0. The number of nitrogens with zero attached hydrogens (tertiary/aromatic N) is 5. The predicted octanol–water partition coefficient (Wildman–Crippen LogP) is 1.84. The van der Waals surface area contributed by atoms with Crippen LogP contribution in [0.4, 0.5) is 0 Å². The summed E-state index contributed by atoms with van der Waals surface area (Å²) in [6, 6.07) is 6.10. The van der Waals surface area contributed by atoms with Gasteiger partial charge in [-0.25, -0.2) is 19.6 Å². The lowest BCUT2D eigenvalue weighted by Crippen LogP contribution is -2.14. The second-order valence-corrected chi connectivity index (χ2v) is 5.46. The molecule has 0 saturated heterocycles. The fourth-order valence-electron chi connectivity index (χ4n) is 2.42. The molecule has 120 valence electrons. The van der Waals surface area contributed by atoms with Crippen LogP contribution in [0.2, 0.25) is 0 Å². The van der Waals surface area contributed by atoms with E-state index in [0.29, 0.717) is 11.4 Å². The van der Waals surface area contributed by atoms with Crippen LogP contribution in [0.3, 0.4) is 0 Å². The molecule has 3 aromatic rings. The van der Waals surface area contributed by atoms with E-state index in [4.69, 9.17) is 5.73 Å². The average molecular weight is 320 g/mol. The van der Waals surface area contributed by atoms with Gasteiger partial charge in [0.05, 0.1) is 5.57 Å². The smallest absolute Gasteiger partial charge is 0.250 e. The highest BCUT2D eigenvalue weighted by molar-refractivity contribution is 6.22. The number of aromatic nitrogens is 5. The zero-order valence-corrected chi connectivity index (χ0v) is 13.3. The van der Waals surface area contributed by atoms with Crippen molar-refractivity contribution in [2.45, 2.75) is 13.8 Å². The molecule has 0 fully saturated rings. The maximum absolute atomic E-state index is 11.7. The summed E-state index contributed by atoms with van der Waals surface area (Å²) in [6.45, 7) is 4.04. The summed E-state index contributed by atoms with van der Waals surface area (Å²) in [7, 11) is 0. The van der Waals surface area contributed by atoms with Gasteiger partial charge in [-0.2, -0.15) is 0 Å². The maximum Gasteiger partial charge on any atom is 0.250 e. The highest BCUT2D eigenvalue weighted by Crippen LogP contribution is 2.19. The van der Waals surface area contributed by atoms with Crippen molar-refractivity contribution in [3.63, 3.8) is 0 Å². The molecule has 2 heterocycles. The van der Waals surface area contributed by atoms with Crippen molar-refractivity contribution in [1.82, 2.24) is 24.7 Å². The van der Waals surface area contributed by atoms with Gasteiger partial charge in [-0.15, -0.1) is 5.10 Å². The van der Waals surface area contributed by atoms with Gasteiger partial charge in [0.1, 0.15) is 12.7 Å². The zero-order chi connectivity index (χ0) is 17.1. The van der Waals surface area contributed by atoms with Crippen molar-refractivity contribution < 1.29 is 4.79 Å². The van der Waals surface area contributed by atoms with Crippen molar-refractivity contribution in [3.8, 4) is 11.4 Å². The Balaban J connectivity index is 1.99. The molecule has 0 saturated carbocycles. The summed E-state index contributed by atoms with van der Waals surface area (Å²) in [5.74, 6) is -0.0144. The predicted molar refractivity (Wildman–Crippen MR) is 90.3 cm³/mol. The standard InChI is InChI=1S/C17H16N6O/c1-11-3-12(2)5-13(4-11)17-21-10-23(22-17)8-15(16(18)24)14-6-19-9-20-7-14/h3-10H,1-2H3,(H2,18,24)/b15-8-. The molecular weight excluding hydrogens is 304 g/mol. The lowest BCUT2D eigenvalue weighted by atomic mass is 10.1. The first-order chi connectivity index (χ1) is 11.5. The van der Waals surface area contributed by atoms with Gasteiger partial charge in [-0.05, 0) is 26.0 Å². The van der Waals surface area contributed by atoms with Gasteiger partial charge in [0.2, 0.25) is 0 Å². The number of nitrogens with two attached hydrogens (primary N) is 1. The van der Waals surface area contributed by atoms with Crippen LogP contribution in [0.1, 0.15) is 16.7 Å². The van der Waals surface area contributed by atoms with Gasteiger partial charge < -0.3 is 5.73 Å². The molecule has 0 spiro atoms. The van der Waals surface area contributed by atoms with Gasteiger partial charge in [0.15, 0.2) is 5.82 Å². The number of amides is 1. The number of carbonyl (C=O) groups is 1. The summed E-state index contributed by atoms with van der Waals surface area (Å²) in [6.07, 6.45) is 7.46. The molecule has 7 nitrogen and oxygen atoms in total. The van der Waals surface area contributed by atoms with E-state index in [9.17, 15) is 4.79 Å². The minimum absolute atomic E-state index is 0.257. The van der Waals surface area contributed by atoms with Crippen LogP contribution in [0.25, 0.3) is 23.2 Å². The van der Waals surface area contributed by atoms with E-state index in [-0.39, 0.29) is 5.57 Å². The summed E-state index contributed by atoms with van der Waals surface area (Å²) < 4.78 is 1.46. The number of aryl methyl sites for hydroxylation is 2. The Bertz CT molecular complexity index is 894. The summed E-state index contributed by atoms with van der Waals surface area (Å²) in [5.41, 5.74) is 9.42. The lowest BCUT2D eigenvalue weighted by molar-refractivity contribution is -0.112. The van der Waals surface area contributed by atoms with E-state index in [1.807, 2.05) is 26.0 Å². The van der Waals surface area contributed by atoms with Gasteiger partial charge in [0, 0.05) is 29.7 Å². The van der Waals surface area contributed by atoms with Crippen LogP contribution in [-0.4, -0.2) is 30.6 Å². The summed E-state index contributed by atoms with van der Waals surface area (Å²) in [4.78, 5) is 23.8. The van der Waals surface area contributed by atoms with Gasteiger partial charge in [0.25, 0.3) is 5.91 Å². The SMILES string of the molecule is Cc1cc(C)cc(-c2ncn(/C=C(\C(N)=O)c3cncnc3)n2)c1. The first kappa shape index (κ1) is 15.5. The number of benzene rings is 1. The molecule has 0 aliphatic heterocycles. The van der Waals surface area contributed by atoms with Gasteiger partial charge in [-0.1, -0.05) is 17.2 Å².